The highest BCUT2D eigenvalue weighted by atomic mass is 32.1. The number of carbonyl (C=O) groups is 3. The SMILES string of the molecule is CC(C)(C)c1ccc(NC(=O)CN2C(=O)N[C@@]3(CCCc4sccc43)C2=O)cc1. The Morgan fingerprint density at radius 2 is 1.93 bits per heavy atom. The van der Waals surface area contributed by atoms with E-state index in [1.807, 2.05) is 35.7 Å². The standard InChI is InChI=1S/C22H25N3O3S/c1-21(2,3)14-6-8-15(9-7-14)23-18(26)13-25-19(27)22(24-20(25)28)11-4-5-17-16(22)10-12-29-17/h6-10,12H,4-5,11,13H2,1-3H3,(H,23,26)(H,24,28)/t22-/m1/s1. The van der Waals surface area contributed by atoms with Crippen LogP contribution in [0.15, 0.2) is 35.7 Å². The zero-order valence-corrected chi connectivity index (χ0v) is 17.7. The third kappa shape index (κ3) is 3.44. The average Bonchev–Trinajstić information content (AvgIpc) is 3.22. The third-order valence-corrected chi connectivity index (χ3v) is 6.65. The van der Waals surface area contributed by atoms with Crippen LogP contribution in [0.3, 0.4) is 0 Å². The molecule has 0 unspecified atom stereocenters. The molecule has 1 aromatic heterocycles. The van der Waals surface area contributed by atoms with Gasteiger partial charge in [-0.2, -0.15) is 0 Å². The molecular formula is C22H25N3O3S. The Morgan fingerprint density at radius 3 is 2.62 bits per heavy atom. The first kappa shape index (κ1) is 19.6. The molecule has 1 fully saturated rings. The number of anilines is 1. The van der Waals surface area contributed by atoms with Crippen molar-refractivity contribution in [3.05, 3.63) is 51.7 Å². The third-order valence-electron chi connectivity index (χ3n) is 5.67. The Hall–Kier alpha value is -2.67. The lowest BCUT2D eigenvalue weighted by molar-refractivity contribution is -0.134. The van der Waals surface area contributed by atoms with Gasteiger partial charge in [0.15, 0.2) is 0 Å². The van der Waals surface area contributed by atoms with Gasteiger partial charge in [0.2, 0.25) is 5.91 Å². The summed E-state index contributed by atoms with van der Waals surface area (Å²) in [5.41, 5.74) is 1.70. The predicted molar refractivity (Wildman–Crippen MR) is 113 cm³/mol. The van der Waals surface area contributed by atoms with Crippen molar-refractivity contribution in [3.63, 3.8) is 0 Å². The smallest absolute Gasteiger partial charge is 0.325 e. The van der Waals surface area contributed by atoms with E-state index in [9.17, 15) is 14.4 Å². The van der Waals surface area contributed by atoms with E-state index in [-0.39, 0.29) is 17.9 Å². The molecule has 2 N–H and O–H groups in total. The zero-order valence-electron chi connectivity index (χ0n) is 16.9. The molecule has 2 aromatic rings. The largest absolute Gasteiger partial charge is 0.325 e. The summed E-state index contributed by atoms with van der Waals surface area (Å²) in [5.74, 6) is -0.726. The van der Waals surface area contributed by atoms with Crippen LogP contribution in [0.4, 0.5) is 10.5 Å². The second-order valence-electron chi connectivity index (χ2n) is 8.71. The topological polar surface area (TPSA) is 78.5 Å². The summed E-state index contributed by atoms with van der Waals surface area (Å²) in [5, 5.41) is 7.60. The molecule has 4 amide bonds. The number of carbonyl (C=O) groups excluding carboxylic acids is 3. The number of amides is 4. The lowest BCUT2D eigenvalue weighted by atomic mass is 9.80. The number of hydrogen-bond acceptors (Lipinski definition) is 4. The second-order valence-corrected chi connectivity index (χ2v) is 9.71. The number of nitrogens with zero attached hydrogens (tertiary/aromatic N) is 1. The van der Waals surface area contributed by atoms with Crippen LogP contribution in [0.2, 0.25) is 0 Å². The Kier molecular flexibility index (Phi) is 4.73. The van der Waals surface area contributed by atoms with Crippen LogP contribution in [-0.4, -0.2) is 29.3 Å². The number of benzene rings is 1. The molecule has 29 heavy (non-hydrogen) atoms. The van der Waals surface area contributed by atoms with Crippen molar-refractivity contribution in [2.75, 3.05) is 11.9 Å². The van der Waals surface area contributed by atoms with Crippen LogP contribution in [0, 0.1) is 0 Å². The number of imide groups is 1. The number of thiophene rings is 1. The van der Waals surface area contributed by atoms with Gasteiger partial charge < -0.3 is 10.6 Å². The van der Waals surface area contributed by atoms with Crippen LogP contribution in [0.25, 0.3) is 0 Å². The minimum atomic E-state index is -1.01. The summed E-state index contributed by atoms with van der Waals surface area (Å²) in [6.45, 7) is 6.07. The fraction of sp³-hybridized carbons (Fsp3) is 0.409. The van der Waals surface area contributed by atoms with Crippen molar-refractivity contribution in [2.45, 2.75) is 51.0 Å². The molecule has 1 saturated heterocycles. The van der Waals surface area contributed by atoms with E-state index in [0.29, 0.717) is 12.1 Å². The molecule has 0 saturated carbocycles. The van der Waals surface area contributed by atoms with E-state index >= 15 is 0 Å². The van der Waals surface area contributed by atoms with Gasteiger partial charge in [-0.05, 0) is 53.8 Å². The van der Waals surface area contributed by atoms with Gasteiger partial charge in [-0.15, -0.1) is 11.3 Å². The zero-order chi connectivity index (χ0) is 20.8. The summed E-state index contributed by atoms with van der Waals surface area (Å²) in [4.78, 5) is 40.4. The molecule has 6 nitrogen and oxygen atoms in total. The first-order valence-corrected chi connectivity index (χ1v) is 10.7. The van der Waals surface area contributed by atoms with Crippen molar-refractivity contribution in [1.82, 2.24) is 10.2 Å². The molecule has 1 atom stereocenters. The lowest BCUT2D eigenvalue weighted by Crippen LogP contribution is -2.46. The van der Waals surface area contributed by atoms with Gasteiger partial charge in [0.05, 0.1) is 0 Å². The second kappa shape index (κ2) is 6.99. The molecule has 1 aliphatic carbocycles. The number of rotatable bonds is 3. The van der Waals surface area contributed by atoms with Crippen LogP contribution in [0.5, 0.6) is 0 Å². The highest BCUT2D eigenvalue weighted by molar-refractivity contribution is 7.10. The number of aryl methyl sites for hydroxylation is 1. The van der Waals surface area contributed by atoms with Crippen LogP contribution < -0.4 is 10.6 Å². The van der Waals surface area contributed by atoms with Crippen LogP contribution in [-0.2, 0) is 27.0 Å². The number of fused-ring (bicyclic) bond motifs is 2. The maximum Gasteiger partial charge on any atom is 0.325 e. The average molecular weight is 412 g/mol. The van der Waals surface area contributed by atoms with Crippen molar-refractivity contribution in [2.24, 2.45) is 0 Å². The summed E-state index contributed by atoms with van der Waals surface area (Å²) in [7, 11) is 0. The van der Waals surface area contributed by atoms with E-state index in [1.54, 1.807) is 11.3 Å². The quantitative estimate of drug-likeness (QED) is 0.755. The highest BCUT2D eigenvalue weighted by Crippen LogP contribution is 2.42. The molecular weight excluding hydrogens is 386 g/mol. The molecule has 2 heterocycles. The maximum atomic E-state index is 13.2. The van der Waals surface area contributed by atoms with E-state index in [2.05, 4.69) is 31.4 Å². The Balaban J connectivity index is 1.47. The van der Waals surface area contributed by atoms with Gasteiger partial charge in [-0.25, -0.2) is 4.79 Å². The summed E-state index contributed by atoms with van der Waals surface area (Å²) in [6, 6.07) is 9.02. The molecule has 2 aliphatic rings. The van der Waals surface area contributed by atoms with Gasteiger partial charge in [-0.3, -0.25) is 14.5 Å². The predicted octanol–water partition coefficient (Wildman–Crippen LogP) is 3.77. The van der Waals surface area contributed by atoms with Crippen LogP contribution >= 0.6 is 11.3 Å². The highest BCUT2D eigenvalue weighted by Gasteiger charge is 2.54. The van der Waals surface area contributed by atoms with E-state index in [1.165, 1.54) is 0 Å². The van der Waals surface area contributed by atoms with Gasteiger partial charge in [0, 0.05) is 16.1 Å². The Labute approximate surface area is 174 Å². The lowest BCUT2D eigenvalue weighted by Gasteiger charge is -2.31. The van der Waals surface area contributed by atoms with Gasteiger partial charge >= 0.3 is 6.03 Å². The molecule has 0 radical (unpaired) electrons. The molecule has 1 spiro atoms. The van der Waals surface area contributed by atoms with Gasteiger partial charge in [-0.1, -0.05) is 32.9 Å². The molecule has 1 aliphatic heterocycles. The van der Waals surface area contributed by atoms with Crippen molar-refractivity contribution in [3.8, 4) is 0 Å². The van der Waals surface area contributed by atoms with Crippen molar-refractivity contribution in [1.29, 1.82) is 0 Å². The minimum absolute atomic E-state index is 0.0252. The maximum absolute atomic E-state index is 13.2. The monoisotopic (exact) mass is 411 g/mol. The van der Waals surface area contributed by atoms with E-state index in [0.717, 1.165) is 33.7 Å². The van der Waals surface area contributed by atoms with Crippen molar-refractivity contribution < 1.29 is 14.4 Å². The Morgan fingerprint density at radius 1 is 1.21 bits per heavy atom. The fourth-order valence-corrected chi connectivity index (χ4v) is 5.08. The number of hydrogen-bond donors (Lipinski definition) is 2. The first-order chi connectivity index (χ1) is 13.7. The molecule has 7 heteroatoms. The van der Waals surface area contributed by atoms with Crippen LogP contribution in [0.1, 0.15) is 49.6 Å². The fourth-order valence-electron chi connectivity index (χ4n) is 4.08. The number of nitrogens with one attached hydrogen (secondary N) is 2. The van der Waals surface area contributed by atoms with Gasteiger partial charge in [0.25, 0.3) is 5.91 Å². The molecule has 0 bridgehead atoms. The van der Waals surface area contributed by atoms with E-state index < -0.39 is 17.5 Å². The normalized spacial score (nSPS) is 21.3. The summed E-state index contributed by atoms with van der Waals surface area (Å²) in [6.07, 6.45) is 2.32. The van der Waals surface area contributed by atoms with Gasteiger partial charge in [0.1, 0.15) is 12.1 Å². The van der Waals surface area contributed by atoms with E-state index in [4.69, 9.17) is 0 Å². The van der Waals surface area contributed by atoms with Crippen molar-refractivity contribution >= 4 is 34.9 Å². The Bertz CT molecular complexity index is 974. The first-order valence-electron chi connectivity index (χ1n) is 9.82. The number of urea groups is 1. The molecule has 1 aromatic carbocycles. The summed E-state index contributed by atoms with van der Waals surface area (Å²) < 4.78 is 0. The molecule has 4 rings (SSSR count). The molecule has 152 valence electrons. The minimum Gasteiger partial charge on any atom is -0.325 e. The summed E-state index contributed by atoms with van der Waals surface area (Å²) >= 11 is 1.61.